The first-order valence-corrected chi connectivity index (χ1v) is 6.39. The Morgan fingerprint density at radius 1 is 1.29 bits per heavy atom. The second-order valence-corrected chi connectivity index (χ2v) is 4.67. The Labute approximate surface area is 119 Å². The van der Waals surface area contributed by atoms with Crippen LogP contribution in [0.3, 0.4) is 0 Å². The number of esters is 2. The lowest BCUT2D eigenvalue weighted by molar-refractivity contribution is -0.159. The van der Waals surface area contributed by atoms with Crippen LogP contribution in [0.2, 0.25) is 0 Å². The molecule has 2 aliphatic rings. The largest absolute Gasteiger partial charge is 0.463 e. The smallest absolute Gasteiger partial charge is 0.347 e. The predicted octanol–water partition coefficient (Wildman–Crippen LogP) is 0.0746. The van der Waals surface area contributed by atoms with E-state index in [0.717, 1.165) is 4.90 Å². The molecule has 0 bridgehead atoms. The molecule has 1 aromatic carbocycles. The number of rotatable bonds is 3. The summed E-state index contributed by atoms with van der Waals surface area (Å²) in [5.74, 6) is -2.77. The van der Waals surface area contributed by atoms with Crippen molar-refractivity contribution in [3.8, 4) is 0 Å². The highest BCUT2D eigenvalue weighted by atomic mass is 16.6. The molecular formula is C14H11NO6. The van der Waals surface area contributed by atoms with Gasteiger partial charge in [-0.25, -0.2) is 4.79 Å². The zero-order valence-electron chi connectivity index (χ0n) is 10.9. The zero-order valence-corrected chi connectivity index (χ0v) is 10.9. The van der Waals surface area contributed by atoms with E-state index in [0.29, 0.717) is 12.1 Å². The topological polar surface area (TPSA) is 90.0 Å². The Bertz CT molecular complexity index is 653. The molecule has 3 rings (SSSR count). The summed E-state index contributed by atoms with van der Waals surface area (Å²) in [4.78, 5) is 47.8. The van der Waals surface area contributed by atoms with Crippen LogP contribution in [-0.4, -0.2) is 42.9 Å². The van der Waals surface area contributed by atoms with E-state index < -0.39 is 36.3 Å². The molecule has 2 heterocycles. The minimum absolute atomic E-state index is 0.209. The highest BCUT2D eigenvalue weighted by molar-refractivity contribution is 6.52. The lowest BCUT2D eigenvalue weighted by Gasteiger charge is -2.16. The highest BCUT2D eigenvalue weighted by Gasteiger charge is 2.38. The van der Waals surface area contributed by atoms with Crippen molar-refractivity contribution in [2.24, 2.45) is 0 Å². The monoisotopic (exact) mass is 289 g/mol. The van der Waals surface area contributed by atoms with E-state index >= 15 is 0 Å². The molecule has 1 saturated heterocycles. The number of hydrogen-bond acceptors (Lipinski definition) is 6. The van der Waals surface area contributed by atoms with Gasteiger partial charge < -0.3 is 9.47 Å². The minimum atomic E-state index is -0.929. The van der Waals surface area contributed by atoms with Gasteiger partial charge in [0, 0.05) is 6.42 Å². The van der Waals surface area contributed by atoms with Gasteiger partial charge in [-0.3, -0.25) is 19.3 Å². The SMILES string of the molecule is O=C(CN1C(=O)C(=O)c2ccccc21)O[C@@H]1CCOC1=O. The number of Topliss-reactive ketones (excluding diaryl/α,β-unsaturated/α-hetero) is 1. The van der Waals surface area contributed by atoms with Crippen LogP contribution in [0.25, 0.3) is 0 Å². The number of carbonyl (C=O) groups excluding carboxylic acids is 4. The molecule has 1 aromatic rings. The first kappa shape index (κ1) is 13.3. The number of amides is 1. The van der Waals surface area contributed by atoms with Gasteiger partial charge in [-0.1, -0.05) is 12.1 Å². The third-order valence-corrected chi connectivity index (χ3v) is 3.33. The van der Waals surface area contributed by atoms with E-state index in [2.05, 4.69) is 4.74 Å². The molecule has 0 spiro atoms. The quantitative estimate of drug-likeness (QED) is 0.578. The van der Waals surface area contributed by atoms with Gasteiger partial charge >= 0.3 is 11.9 Å². The third-order valence-electron chi connectivity index (χ3n) is 3.33. The second-order valence-electron chi connectivity index (χ2n) is 4.67. The Kier molecular flexibility index (Phi) is 3.17. The number of para-hydroxylation sites is 1. The summed E-state index contributed by atoms with van der Waals surface area (Å²) in [5.41, 5.74) is 0.633. The predicted molar refractivity (Wildman–Crippen MR) is 68.6 cm³/mol. The van der Waals surface area contributed by atoms with Crippen molar-refractivity contribution in [1.82, 2.24) is 0 Å². The van der Waals surface area contributed by atoms with E-state index in [1.165, 1.54) is 6.07 Å². The van der Waals surface area contributed by atoms with Crippen LogP contribution in [0.4, 0.5) is 5.69 Å². The van der Waals surface area contributed by atoms with Gasteiger partial charge in [0.05, 0.1) is 17.9 Å². The van der Waals surface area contributed by atoms with Gasteiger partial charge in [-0.15, -0.1) is 0 Å². The van der Waals surface area contributed by atoms with Crippen LogP contribution < -0.4 is 4.90 Å². The van der Waals surface area contributed by atoms with Gasteiger partial charge in [-0.2, -0.15) is 0 Å². The molecule has 108 valence electrons. The standard InChI is InChI=1S/C14H11NO6/c16-11(21-10-5-6-20-14(10)19)7-15-9-4-2-1-3-8(9)12(17)13(15)18/h1-4,10H,5-7H2/t10-/m1/s1. The van der Waals surface area contributed by atoms with Gasteiger partial charge in [0.25, 0.3) is 11.7 Å². The third kappa shape index (κ3) is 2.26. The number of nitrogens with zero attached hydrogens (tertiary/aromatic N) is 1. The first-order valence-electron chi connectivity index (χ1n) is 6.39. The number of anilines is 1. The Morgan fingerprint density at radius 3 is 2.76 bits per heavy atom. The average molecular weight is 289 g/mol. The van der Waals surface area contributed by atoms with E-state index in [1.807, 2.05) is 0 Å². The summed E-state index contributed by atoms with van der Waals surface area (Å²) in [6.07, 6.45) is -0.630. The number of benzene rings is 1. The first-order chi connectivity index (χ1) is 10.1. The second kappa shape index (κ2) is 5.01. The summed E-state index contributed by atoms with van der Waals surface area (Å²) in [5, 5.41) is 0. The Hall–Kier alpha value is -2.70. The highest BCUT2D eigenvalue weighted by Crippen LogP contribution is 2.28. The molecule has 0 aromatic heterocycles. The Morgan fingerprint density at radius 2 is 2.05 bits per heavy atom. The van der Waals surface area contributed by atoms with Crippen molar-refractivity contribution in [2.45, 2.75) is 12.5 Å². The van der Waals surface area contributed by atoms with Gasteiger partial charge in [0.2, 0.25) is 6.10 Å². The maximum atomic E-state index is 11.9. The van der Waals surface area contributed by atoms with E-state index in [4.69, 9.17) is 4.74 Å². The fourth-order valence-corrected chi connectivity index (χ4v) is 2.31. The van der Waals surface area contributed by atoms with Gasteiger partial charge in [0.15, 0.2) is 0 Å². The van der Waals surface area contributed by atoms with E-state index in [1.54, 1.807) is 18.2 Å². The molecule has 2 aliphatic heterocycles. The van der Waals surface area contributed by atoms with Crippen LogP contribution in [-0.2, 0) is 23.9 Å². The van der Waals surface area contributed by atoms with Crippen LogP contribution in [0.1, 0.15) is 16.8 Å². The summed E-state index contributed by atoms with van der Waals surface area (Å²) in [7, 11) is 0. The molecule has 21 heavy (non-hydrogen) atoms. The minimum Gasteiger partial charge on any atom is -0.463 e. The fraction of sp³-hybridized carbons (Fsp3) is 0.286. The van der Waals surface area contributed by atoms with Crippen LogP contribution >= 0.6 is 0 Å². The van der Waals surface area contributed by atoms with Crippen molar-refractivity contribution in [2.75, 3.05) is 18.1 Å². The number of ketones is 1. The molecule has 0 saturated carbocycles. The molecule has 0 radical (unpaired) electrons. The van der Waals surface area contributed by atoms with Crippen molar-refractivity contribution < 1.29 is 28.7 Å². The van der Waals surface area contributed by atoms with Gasteiger partial charge in [0.1, 0.15) is 6.54 Å². The van der Waals surface area contributed by atoms with Crippen molar-refractivity contribution >= 4 is 29.3 Å². The maximum Gasteiger partial charge on any atom is 0.347 e. The summed E-state index contributed by atoms with van der Waals surface area (Å²) < 4.78 is 9.65. The van der Waals surface area contributed by atoms with E-state index in [-0.39, 0.29) is 12.2 Å². The number of fused-ring (bicyclic) bond motifs is 1. The summed E-state index contributed by atoms with van der Waals surface area (Å²) in [6.45, 7) is -0.202. The Balaban J connectivity index is 1.73. The molecule has 1 amide bonds. The molecule has 7 heteroatoms. The number of carbonyl (C=O) groups is 4. The summed E-state index contributed by atoms with van der Waals surface area (Å²) in [6, 6.07) is 6.40. The van der Waals surface area contributed by atoms with Crippen LogP contribution in [0, 0.1) is 0 Å². The van der Waals surface area contributed by atoms with E-state index in [9.17, 15) is 19.2 Å². The zero-order chi connectivity index (χ0) is 15.0. The van der Waals surface area contributed by atoms with Crippen molar-refractivity contribution in [3.05, 3.63) is 29.8 Å². The lowest BCUT2D eigenvalue weighted by atomic mass is 10.1. The molecular weight excluding hydrogens is 278 g/mol. The number of ether oxygens (including phenoxy) is 2. The van der Waals surface area contributed by atoms with Crippen LogP contribution in [0.5, 0.6) is 0 Å². The lowest BCUT2D eigenvalue weighted by Crippen LogP contribution is -2.37. The number of hydrogen-bond donors (Lipinski definition) is 0. The fourth-order valence-electron chi connectivity index (χ4n) is 2.31. The maximum absolute atomic E-state index is 11.9. The molecule has 1 fully saturated rings. The molecule has 0 aliphatic carbocycles. The molecule has 1 atom stereocenters. The van der Waals surface area contributed by atoms with Crippen molar-refractivity contribution in [1.29, 1.82) is 0 Å². The number of cyclic esters (lactones) is 1. The molecule has 0 unspecified atom stereocenters. The summed E-state index contributed by atoms with van der Waals surface area (Å²) >= 11 is 0. The normalized spacial score (nSPS) is 20.5. The van der Waals surface area contributed by atoms with Crippen molar-refractivity contribution in [3.63, 3.8) is 0 Å². The molecule has 0 N–H and O–H groups in total. The molecule has 7 nitrogen and oxygen atoms in total. The van der Waals surface area contributed by atoms with Gasteiger partial charge in [-0.05, 0) is 12.1 Å². The average Bonchev–Trinajstić information content (AvgIpc) is 2.97. The van der Waals surface area contributed by atoms with Crippen LogP contribution in [0.15, 0.2) is 24.3 Å².